The lowest BCUT2D eigenvalue weighted by Crippen LogP contribution is -2.53. The zero-order valence-corrected chi connectivity index (χ0v) is 12.1. The molecule has 0 saturated carbocycles. The SMILES string of the molecule is Cc1ccc(B(O)OC(C)(C)C(C)(C)O)cc1C. The van der Waals surface area contributed by atoms with Gasteiger partial charge in [0.2, 0.25) is 0 Å². The molecule has 0 bridgehead atoms. The number of aliphatic hydroxyl groups is 1. The van der Waals surface area contributed by atoms with Crippen LogP contribution in [0.2, 0.25) is 0 Å². The third kappa shape index (κ3) is 3.34. The summed E-state index contributed by atoms with van der Waals surface area (Å²) >= 11 is 0. The van der Waals surface area contributed by atoms with Crippen molar-refractivity contribution in [3.05, 3.63) is 29.3 Å². The molecule has 0 fully saturated rings. The molecule has 0 heterocycles. The maximum Gasteiger partial charge on any atom is 0.491 e. The van der Waals surface area contributed by atoms with Gasteiger partial charge in [-0.15, -0.1) is 0 Å². The van der Waals surface area contributed by atoms with E-state index in [4.69, 9.17) is 4.65 Å². The average molecular weight is 250 g/mol. The molecule has 1 aromatic rings. The minimum Gasteiger partial charge on any atom is -0.423 e. The van der Waals surface area contributed by atoms with Crippen molar-refractivity contribution in [3.8, 4) is 0 Å². The van der Waals surface area contributed by atoms with E-state index in [2.05, 4.69) is 0 Å². The number of rotatable bonds is 4. The molecule has 100 valence electrons. The smallest absolute Gasteiger partial charge is 0.423 e. The molecular formula is C14H23BO3. The number of benzene rings is 1. The second-order valence-corrected chi connectivity index (χ2v) is 5.88. The minimum atomic E-state index is -1.04. The highest BCUT2D eigenvalue weighted by molar-refractivity contribution is 6.60. The van der Waals surface area contributed by atoms with Crippen LogP contribution >= 0.6 is 0 Å². The highest BCUT2D eigenvalue weighted by Gasteiger charge is 2.39. The van der Waals surface area contributed by atoms with Crippen LogP contribution in [0.25, 0.3) is 0 Å². The van der Waals surface area contributed by atoms with E-state index in [0.717, 1.165) is 5.56 Å². The Morgan fingerprint density at radius 1 is 1.06 bits per heavy atom. The van der Waals surface area contributed by atoms with Gasteiger partial charge in [-0.2, -0.15) is 0 Å². The van der Waals surface area contributed by atoms with Gasteiger partial charge in [-0.3, -0.25) is 0 Å². The van der Waals surface area contributed by atoms with Crippen LogP contribution < -0.4 is 5.46 Å². The molecule has 0 spiro atoms. The quantitative estimate of drug-likeness (QED) is 0.797. The van der Waals surface area contributed by atoms with E-state index in [9.17, 15) is 10.1 Å². The molecule has 3 nitrogen and oxygen atoms in total. The lowest BCUT2D eigenvalue weighted by atomic mass is 9.75. The maximum atomic E-state index is 10.1. The summed E-state index contributed by atoms with van der Waals surface area (Å²) in [4.78, 5) is 0. The Morgan fingerprint density at radius 2 is 1.61 bits per heavy atom. The van der Waals surface area contributed by atoms with Crippen LogP contribution in [0.3, 0.4) is 0 Å². The van der Waals surface area contributed by atoms with Crippen molar-refractivity contribution in [2.45, 2.75) is 52.7 Å². The van der Waals surface area contributed by atoms with E-state index in [1.807, 2.05) is 32.0 Å². The van der Waals surface area contributed by atoms with E-state index in [1.54, 1.807) is 27.7 Å². The third-order valence-corrected chi connectivity index (χ3v) is 3.70. The molecule has 0 aliphatic heterocycles. The van der Waals surface area contributed by atoms with Crippen molar-refractivity contribution in [1.82, 2.24) is 0 Å². The Hall–Kier alpha value is -0.835. The van der Waals surface area contributed by atoms with E-state index in [1.165, 1.54) is 5.56 Å². The summed E-state index contributed by atoms with van der Waals surface area (Å²) in [5.74, 6) is 0. The zero-order valence-electron chi connectivity index (χ0n) is 12.1. The molecule has 0 amide bonds. The molecule has 0 unspecified atom stereocenters. The van der Waals surface area contributed by atoms with Crippen molar-refractivity contribution >= 4 is 12.6 Å². The van der Waals surface area contributed by atoms with Gasteiger partial charge in [-0.25, -0.2) is 0 Å². The first kappa shape index (κ1) is 15.2. The fraction of sp³-hybridized carbons (Fsp3) is 0.571. The van der Waals surface area contributed by atoms with Crippen LogP contribution in [0.15, 0.2) is 18.2 Å². The van der Waals surface area contributed by atoms with Crippen molar-refractivity contribution in [3.63, 3.8) is 0 Å². The molecule has 18 heavy (non-hydrogen) atoms. The molecule has 0 aliphatic carbocycles. The zero-order chi connectivity index (χ0) is 14.1. The Morgan fingerprint density at radius 3 is 2.06 bits per heavy atom. The molecule has 0 saturated heterocycles. The lowest BCUT2D eigenvalue weighted by molar-refractivity contribution is -0.0982. The van der Waals surface area contributed by atoms with Crippen molar-refractivity contribution in [2.24, 2.45) is 0 Å². The maximum absolute atomic E-state index is 10.1. The normalized spacial score (nSPS) is 12.7. The molecule has 1 aromatic carbocycles. The van der Waals surface area contributed by atoms with Gasteiger partial charge in [-0.1, -0.05) is 18.2 Å². The standard InChI is InChI=1S/C14H23BO3/c1-10-7-8-12(9-11(10)2)15(17)18-14(5,6)13(3,4)16/h7-9,16-17H,1-6H3. The van der Waals surface area contributed by atoms with Crippen LogP contribution in [0.5, 0.6) is 0 Å². The highest BCUT2D eigenvalue weighted by atomic mass is 16.5. The molecule has 0 radical (unpaired) electrons. The Kier molecular flexibility index (Phi) is 4.26. The van der Waals surface area contributed by atoms with Gasteiger partial charge < -0.3 is 14.8 Å². The monoisotopic (exact) mass is 250 g/mol. The first-order valence-corrected chi connectivity index (χ1v) is 6.20. The van der Waals surface area contributed by atoms with E-state index < -0.39 is 18.3 Å². The number of aryl methyl sites for hydroxylation is 2. The third-order valence-electron chi connectivity index (χ3n) is 3.70. The summed E-state index contributed by atoms with van der Waals surface area (Å²) in [6.45, 7) is 10.9. The van der Waals surface area contributed by atoms with Crippen molar-refractivity contribution in [2.75, 3.05) is 0 Å². The second-order valence-electron chi connectivity index (χ2n) is 5.88. The Bertz CT molecular complexity index is 422. The van der Waals surface area contributed by atoms with Crippen LogP contribution in [0.1, 0.15) is 38.8 Å². The number of hydrogen-bond donors (Lipinski definition) is 2. The van der Waals surface area contributed by atoms with E-state index in [-0.39, 0.29) is 0 Å². The Balaban J connectivity index is 2.89. The van der Waals surface area contributed by atoms with Gasteiger partial charge in [0.05, 0.1) is 11.2 Å². The highest BCUT2D eigenvalue weighted by Crippen LogP contribution is 2.25. The molecule has 1 rings (SSSR count). The van der Waals surface area contributed by atoms with Crippen LogP contribution in [0, 0.1) is 13.8 Å². The van der Waals surface area contributed by atoms with Gasteiger partial charge in [0.25, 0.3) is 0 Å². The van der Waals surface area contributed by atoms with Gasteiger partial charge in [-0.05, 0) is 58.1 Å². The fourth-order valence-corrected chi connectivity index (χ4v) is 1.41. The molecule has 0 aromatic heterocycles. The first-order chi connectivity index (χ1) is 8.04. The molecular weight excluding hydrogens is 227 g/mol. The van der Waals surface area contributed by atoms with Crippen LogP contribution in [0.4, 0.5) is 0 Å². The van der Waals surface area contributed by atoms with Crippen molar-refractivity contribution in [1.29, 1.82) is 0 Å². The number of hydrogen-bond acceptors (Lipinski definition) is 3. The molecule has 0 atom stereocenters. The van der Waals surface area contributed by atoms with Crippen molar-refractivity contribution < 1.29 is 14.8 Å². The van der Waals surface area contributed by atoms with E-state index in [0.29, 0.717) is 5.46 Å². The summed E-state index contributed by atoms with van der Waals surface area (Å²) in [5, 5.41) is 20.1. The van der Waals surface area contributed by atoms with Crippen LogP contribution in [-0.2, 0) is 4.65 Å². The Labute approximate surface area is 110 Å². The summed E-state index contributed by atoms with van der Waals surface area (Å²) in [7, 11) is -1.04. The largest absolute Gasteiger partial charge is 0.491 e. The minimum absolute atomic E-state index is 0.704. The molecule has 4 heteroatoms. The van der Waals surface area contributed by atoms with Crippen LogP contribution in [-0.4, -0.2) is 28.5 Å². The van der Waals surface area contributed by atoms with Gasteiger partial charge in [0.15, 0.2) is 0 Å². The summed E-state index contributed by atoms with van der Waals surface area (Å²) < 4.78 is 5.59. The topological polar surface area (TPSA) is 49.7 Å². The molecule has 2 N–H and O–H groups in total. The second kappa shape index (κ2) is 5.04. The first-order valence-electron chi connectivity index (χ1n) is 6.20. The average Bonchev–Trinajstić information content (AvgIpc) is 2.19. The molecule has 0 aliphatic rings. The lowest BCUT2D eigenvalue weighted by Gasteiger charge is -2.38. The summed E-state index contributed by atoms with van der Waals surface area (Å²) in [6, 6.07) is 5.70. The summed E-state index contributed by atoms with van der Waals surface area (Å²) in [6.07, 6.45) is 0. The predicted molar refractivity (Wildman–Crippen MR) is 75.0 cm³/mol. The predicted octanol–water partition coefficient (Wildman–Crippen LogP) is 1.56. The van der Waals surface area contributed by atoms with Gasteiger partial charge in [0.1, 0.15) is 0 Å². The van der Waals surface area contributed by atoms with Gasteiger partial charge >= 0.3 is 7.12 Å². The van der Waals surface area contributed by atoms with Gasteiger partial charge in [0, 0.05) is 0 Å². The van der Waals surface area contributed by atoms with E-state index >= 15 is 0 Å². The fourth-order valence-electron chi connectivity index (χ4n) is 1.41. The summed E-state index contributed by atoms with van der Waals surface area (Å²) in [5.41, 5.74) is 1.11.